The highest BCUT2D eigenvalue weighted by molar-refractivity contribution is 5.84. The van der Waals surface area contributed by atoms with Crippen molar-refractivity contribution in [3.63, 3.8) is 0 Å². The number of rotatable bonds is 0. The number of hydrogen-bond acceptors (Lipinski definition) is 1. The van der Waals surface area contributed by atoms with Crippen LogP contribution in [-0.2, 0) is 4.79 Å². The molecule has 0 radical (unpaired) electrons. The summed E-state index contributed by atoms with van der Waals surface area (Å²) < 4.78 is 0. The van der Waals surface area contributed by atoms with Crippen LogP contribution in [0.25, 0.3) is 0 Å². The number of Topliss-reactive ketones (excluding diaryl/α,β-unsaturated/α-hetero) is 1. The largest absolute Gasteiger partial charge is 0.299 e. The Kier molecular flexibility index (Phi) is 2.48. The molecule has 2 aliphatic rings. The van der Waals surface area contributed by atoms with Crippen molar-refractivity contribution in [3.8, 4) is 0 Å². The summed E-state index contributed by atoms with van der Waals surface area (Å²) in [5, 5.41) is 0. The van der Waals surface area contributed by atoms with Gasteiger partial charge >= 0.3 is 0 Å². The summed E-state index contributed by atoms with van der Waals surface area (Å²) in [4.78, 5) is 11.8. The molecule has 2 bridgehead atoms. The lowest BCUT2D eigenvalue weighted by atomic mass is 9.74. The van der Waals surface area contributed by atoms with Crippen LogP contribution < -0.4 is 0 Å². The van der Waals surface area contributed by atoms with Gasteiger partial charge in [0.05, 0.1) is 0 Å². The Bertz CT molecular complexity index is 158. The van der Waals surface area contributed by atoms with Crippen LogP contribution in [0.1, 0.15) is 51.4 Å². The van der Waals surface area contributed by atoms with E-state index >= 15 is 0 Å². The molecule has 2 aliphatic carbocycles. The van der Waals surface area contributed by atoms with Crippen molar-refractivity contribution in [1.82, 2.24) is 0 Å². The second-order valence-corrected chi connectivity index (χ2v) is 4.37. The van der Waals surface area contributed by atoms with Crippen molar-refractivity contribution in [2.45, 2.75) is 51.4 Å². The Morgan fingerprint density at radius 1 is 0.750 bits per heavy atom. The molecule has 2 saturated carbocycles. The van der Waals surface area contributed by atoms with E-state index < -0.39 is 0 Å². The Morgan fingerprint density at radius 2 is 1.25 bits per heavy atom. The molecule has 2 rings (SSSR count). The van der Waals surface area contributed by atoms with Gasteiger partial charge in [0.25, 0.3) is 0 Å². The van der Waals surface area contributed by atoms with E-state index in [1.807, 2.05) is 0 Å². The Morgan fingerprint density at radius 3 is 1.83 bits per heavy atom. The van der Waals surface area contributed by atoms with E-state index in [9.17, 15) is 4.79 Å². The van der Waals surface area contributed by atoms with E-state index in [0.29, 0.717) is 17.6 Å². The van der Waals surface area contributed by atoms with E-state index in [0.717, 1.165) is 0 Å². The second-order valence-electron chi connectivity index (χ2n) is 4.37. The van der Waals surface area contributed by atoms with Gasteiger partial charge < -0.3 is 0 Å². The van der Waals surface area contributed by atoms with Crippen LogP contribution in [0.3, 0.4) is 0 Å². The first-order chi connectivity index (χ1) is 5.88. The van der Waals surface area contributed by atoms with Crippen molar-refractivity contribution >= 4 is 5.78 Å². The summed E-state index contributed by atoms with van der Waals surface area (Å²) in [5.74, 6) is 1.54. The third-order valence-electron chi connectivity index (χ3n) is 3.52. The van der Waals surface area contributed by atoms with Gasteiger partial charge in [0, 0.05) is 11.8 Å². The maximum Gasteiger partial charge on any atom is 0.139 e. The molecule has 0 aromatic heterocycles. The van der Waals surface area contributed by atoms with Crippen LogP contribution in [0.15, 0.2) is 0 Å². The molecule has 0 heterocycles. The molecule has 1 heteroatoms. The molecule has 2 unspecified atom stereocenters. The molecule has 0 aliphatic heterocycles. The van der Waals surface area contributed by atoms with E-state index in [1.54, 1.807) is 0 Å². The first-order valence-corrected chi connectivity index (χ1v) is 5.41. The van der Waals surface area contributed by atoms with E-state index in [-0.39, 0.29) is 0 Å². The molecule has 0 amide bonds. The second kappa shape index (κ2) is 3.59. The van der Waals surface area contributed by atoms with Gasteiger partial charge in [0.15, 0.2) is 0 Å². The van der Waals surface area contributed by atoms with Crippen molar-refractivity contribution in [3.05, 3.63) is 0 Å². The SMILES string of the molecule is O=C1C2CCCCCC1CCC2. The normalized spacial score (nSPS) is 37.2. The molecule has 0 aromatic carbocycles. The van der Waals surface area contributed by atoms with E-state index in [1.165, 1.54) is 51.4 Å². The summed E-state index contributed by atoms with van der Waals surface area (Å²) in [6, 6.07) is 0. The zero-order chi connectivity index (χ0) is 8.39. The topological polar surface area (TPSA) is 17.1 Å². The number of carbonyl (C=O) groups is 1. The molecular formula is C11H18O. The molecule has 68 valence electrons. The minimum absolute atomic E-state index is 0.462. The van der Waals surface area contributed by atoms with Crippen molar-refractivity contribution < 1.29 is 4.79 Å². The minimum atomic E-state index is 0.462. The number of ketones is 1. The van der Waals surface area contributed by atoms with Gasteiger partial charge in [0.2, 0.25) is 0 Å². The summed E-state index contributed by atoms with van der Waals surface area (Å²) >= 11 is 0. The Balaban J connectivity index is 2.05. The average Bonchev–Trinajstić information content (AvgIpc) is 2.10. The summed E-state index contributed by atoms with van der Waals surface area (Å²) in [6.07, 6.45) is 10.0. The van der Waals surface area contributed by atoms with Crippen LogP contribution in [-0.4, -0.2) is 5.78 Å². The molecule has 1 nitrogen and oxygen atoms in total. The van der Waals surface area contributed by atoms with Crippen LogP contribution in [0.4, 0.5) is 0 Å². The van der Waals surface area contributed by atoms with Gasteiger partial charge in [0.1, 0.15) is 5.78 Å². The van der Waals surface area contributed by atoms with Gasteiger partial charge in [-0.05, 0) is 25.7 Å². The Hall–Kier alpha value is -0.330. The lowest BCUT2D eigenvalue weighted by Gasteiger charge is -2.29. The monoisotopic (exact) mass is 166 g/mol. The van der Waals surface area contributed by atoms with Crippen LogP contribution >= 0.6 is 0 Å². The summed E-state index contributed by atoms with van der Waals surface area (Å²) in [7, 11) is 0. The molecule has 0 aromatic rings. The van der Waals surface area contributed by atoms with Gasteiger partial charge in [-0.15, -0.1) is 0 Å². The maximum absolute atomic E-state index is 11.8. The summed E-state index contributed by atoms with van der Waals surface area (Å²) in [5.41, 5.74) is 0. The Labute approximate surface area is 74.5 Å². The zero-order valence-corrected chi connectivity index (χ0v) is 7.72. The minimum Gasteiger partial charge on any atom is -0.299 e. The molecule has 0 saturated heterocycles. The number of hydrogen-bond donors (Lipinski definition) is 0. The van der Waals surface area contributed by atoms with Crippen molar-refractivity contribution in [1.29, 1.82) is 0 Å². The standard InChI is InChI=1S/C11H18O/c12-11-9-5-2-1-3-6-10(11)8-4-7-9/h9-10H,1-8H2. The molecule has 2 atom stereocenters. The first kappa shape index (κ1) is 8.28. The fourth-order valence-electron chi connectivity index (χ4n) is 2.76. The quantitative estimate of drug-likeness (QED) is 0.540. The molecule has 12 heavy (non-hydrogen) atoms. The van der Waals surface area contributed by atoms with Crippen molar-refractivity contribution in [2.75, 3.05) is 0 Å². The van der Waals surface area contributed by atoms with E-state index in [4.69, 9.17) is 0 Å². The third-order valence-corrected chi connectivity index (χ3v) is 3.52. The van der Waals surface area contributed by atoms with Crippen LogP contribution in [0.2, 0.25) is 0 Å². The predicted octanol–water partition coefficient (Wildman–Crippen LogP) is 2.94. The summed E-state index contributed by atoms with van der Waals surface area (Å²) in [6.45, 7) is 0. The zero-order valence-electron chi connectivity index (χ0n) is 7.72. The lowest BCUT2D eigenvalue weighted by Crippen LogP contribution is -2.29. The molecule has 0 N–H and O–H groups in total. The average molecular weight is 166 g/mol. The number of fused-ring (bicyclic) bond motifs is 2. The molecular weight excluding hydrogens is 148 g/mol. The van der Waals surface area contributed by atoms with Gasteiger partial charge in [-0.2, -0.15) is 0 Å². The maximum atomic E-state index is 11.8. The van der Waals surface area contributed by atoms with Crippen LogP contribution in [0.5, 0.6) is 0 Å². The van der Waals surface area contributed by atoms with Gasteiger partial charge in [-0.3, -0.25) is 4.79 Å². The van der Waals surface area contributed by atoms with Gasteiger partial charge in [-0.25, -0.2) is 0 Å². The first-order valence-electron chi connectivity index (χ1n) is 5.41. The van der Waals surface area contributed by atoms with Crippen LogP contribution in [0, 0.1) is 11.8 Å². The predicted molar refractivity (Wildman–Crippen MR) is 48.9 cm³/mol. The molecule has 0 spiro atoms. The van der Waals surface area contributed by atoms with Crippen molar-refractivity contribution in [2.24, 2.45) is 11.8 Å². The van der Waals surface area contributed by atoms with E-state index in [2.05, 4.69) is 0 Å². The molecule has 2 fully saturated rings. The highest BCUT2D eigenvalue weighted by Crippen LogP contribution is 2.34. The van der Waals surface area contributed by atoms with Gasteiger partial charge in [-0.1, -0.05) is 25.7 Å². The fraction of sp³-hybridized carbons (Fsp3) is 0.909. The lowest BCUT2D eigenvalue weighted by molar-refractivity contribution is -0.130. The highest BCUT2D eigenvalue weighted by atomic mass is 16.1. The smallest absolute Gasteiger partial charge is 0.139 e. The fourth-order valence-corrected chi connectivity index (χ4v) is 2.76. The number of carbonyl (C=O) groups excluding carboxylic acids is 1. The highest BCUT2D eigenvalue weighted by Gasteiger charge is 2.31. The third kappa shape index (κ3) is 1.55.